The number of hydrogen-bond acceptors (Lipinski definition) is 6. The minimum absolute atomic E-state index is 0.212. The maximum Gasteiger partial charge on any atom is 0.209 e. The fourth-order valence-electron chi connectivity index (χ4n) is 2.26. The predicted octanol–water partition coefficient (Wildman–Crippen LogP) is -2.00. The van der Waals surface area contributed by atoms with E-state index in [2.05, 4.69) is 9.62 Å². The van der Waals surface area contributed by atoms with Gasteiger partial charge in [0, 0.05) is 19.6 Å². The average molecular weight is 280 g/mol. The maximum absolute atomic E-state index is 11.1. The molecule has 106 valence electrons. The van der Waals surface area contributed by atoms with Gasteiger partial charge in [-0.25, -0.2) is 13.1 Å². The minimum Gasteiger partial charge on any atom is -0.389 e. The van der Waals surface area contributed by atoms with Gasteiger partial charge in [-0.15, -0.1) is 0 Å². The van der Waals surface area contributed by atoms with E-state index in [0.717, 1.165) is 19.3 Å². The number of nitrogens with one attached hydrogen (secondary N) is 1. The van der Waals surface area contributed by atoms with Crippen molar-refractivity contribution in [1.29, 1.82) is 0 Å². The molecule has 2 saturated heterocycles. The van der Waals surface area contributed by atoms with Crippen LogP contribution >= 0.6 is 0 Å². The molecule has 0 aromatic heterocycles. The lowest BCUT2D eigenvalue weighted by atomic mass is 10.1. The molecular weight excluding hydrogens is 260 g/mol. The molecule has 0 radical (unpaired) electrons. The number of ether oxygens (including phenoxy) is 2. The molecule has 8 heteroatoms. The molecular formula is C10H20N2O5S. The maximum atomic E-state index is 11.1. The van der Waals surface area contributed by atoms with Crippen molar-refractivity contribution in [3.63, 3.8) is 0 Å². The van der Waals surface area contributed by atoms with Gasteiger partial charge in [0.2, 0.25) is 10.0 Å². The van der Waals surface area contributed by atoms with Crippen molar-refractivity contribution in [3.8, 4) is 0 Å². The van der Waals surface area contributed by atoms with Crippen LogP contribution in [0.5, 0.6) is 0 Å². The highest BCUT2D eigenvalue weighted by Gasteiger charge is 2.38. The van der Waals surface area contributed by atoms with E-state index in [1.807, 2.05) is 0 Å². The van der Waals surface area contributed by atoms with Crippen molar-refractivity contribution in [2.75, 3.05) is 45.7 Å². The van der Waals surface area contributed by atoms with Crippen molar-refractivity contribution in [2.24, 2.45) is 0 Å². The van der Waals surface area contributed by atoms with Crippen LogP contribution in [-0.2, 0) is 19.5 Å². The zero-order valence-electron chi connectivity index (χ0n) is 10.4. The first-order valence-electron chi connectivity index (χ1n) is 6.03. The zero-order valence-corrected chi connectivity index (χ0v) is 11.2. The Morgan fingerprint density at radius 1 is 1.39 bits per heavy atom. The van der Waals surface area contributed by atoms with E-state index in [4.69, 9.17) is 9.47 Å². The normalized spacial score (nSPS) is 34.9. The first-order valence-corrected chi connectivity index (χ1v) is 7.92. The lowest BCUT2D eigenvalue weighted by Crippen LogP contribution is -2.48. The molecule has 0 aromatic rings. The lowest BCUT2D eigenvalue weighted by Gasteiger charge is -2.29. The summed E-state index contributed by atoms with van der Waals surface area (Å²) in [6, 6.07) is -0.550. The molecule has 0 spiro atoms. The van der Waals surface area contributed by atoms with Crippen LogP contribution in [0.3, 0.4) is 0 Å². The molecule has 0 amide bonds. The van der Waals surface area contributed by atoms with Gasteiger partial charge in [0.1, 0.15) is 0 Å². The SMILES string of the molecule is CS(=O)(=O)NC1COC(CN2CCOCC2)C1O. The number of aliphatic hydroxyl groups is 1. The quantitative estimate of drug-likeness (QED) is 0.619. The molecule has 2 heterocycles. The van der Waals surface area contributed by atoms with Crippen molar-refractivity contribution in [1.82, 2.24) is 9.62 Å². The molecule has 2 aliphatic rings. The summed E-state index contributed by atoms with van der Waals surface area (Å²) in [6.07, 6.45) is -0.0698. The number of aliphatic hydroxyl groups excluding tert-OH is 1. The van der Waals surface area contributed by atoms with Crippen molar-refractivity contribution >= 4 is 10.0 Å². The van der Waals surface area contributed by atoms with Gasteiger partial charge in [-0.3, -0.25) is 4.90 Å². The van der Waals surface area contributed by atoms with Gasteiger partial charge in [-0.05, 0) is 0 Å². The second kappa shape index (κ2) is 5.81. The van der Waals surface area contributed by atoms with Crippen LogP contribution in [0.15, 0.2) is 0 Å². The van der Waals surface area contributed by atoms with Crippen LogP contribution in [0.2, 0.25) is 0 Å². The van der Waals surface area contributed by atoms with Gasteiger partial charge in [0.15, 0.2) is 0 Å². The van der Waals surface area contributed by atoms with E-state index in [0.29, 0.717) is 19.8 Å². The Morgan fingerprint density at radius 2 is 2.06 bits per heavy atom. The van der Waals surface area contributed by atoms with Gasteiger partial charge in [-0.1, -0.05) is 0 Å². The highest BCUT2D eigenvalue weighted by Crippen LogP contribution is 2.16. The first kappa shape index (κ1) is 14.2. The van der Waals surface area contributed by atoms with E-state index in [9.17, 15) is 13.5 Å². The zero-order chi connectivity index (χ0) is 13.2. The lowest BCUT2D eigenvalue weighted by molar-refractivity contribution is -0.0179. The number of nitrogens with zero attached hydrogens (tertiary/aromatic N) is 1. The number of sulfonamides is 1. The summed E-state index contributed by atoms with van der Waals surface area (Å²) in [6.45, 7) is 3.82. The summed E-state index contributed by atoms with van der Waals surface area (Å²) < 4.78 is 35.3. The Bertz CT molecular complexity index is 368. The third kappa shape index (κ3) is 3.87. The van der Waals surface area contributed by atoms with E-state index >= 15 is 0 Å². The highest BCUT2D eigenvalue weighted by atomic mass is 32.2. The van der Waals surface area contributed by atoms with Crippen LogP contribution in [0.1, 0.15) is 0 Å². The average Bonchev–Trinajstić information content (AvgIpc) is 2.61. The Labute approximate surface area is 107 Å². The minimum atomic E-state index is -3.32. The topological polar surface area (TPSA) is 88.1 Å². The summed E-state index contributed by atoms with van der Waals surface area (Å²) in [5.74, 6) is 0. The highest BCUT2D eigenvalue weighted by molar-refractivity contribution is 7.88. The Kier molecular flexibility index (Phi) is 4.57. The van der Waals surface area contributed by atoms with Crippen molar-refractivity contribution in [2.45, 2.75) is 18.2 Å². The molecule has 0 aliphatic carbocycles. The second-order valence-corrected chi connectivity index (χ2v) is 6.55. The molecule has 2 rings (SSSR count). The molecule has 0 saturated carbocycles. The third-order valence-electron chi connectivity index (χ3n) is 3.19. The summed E-state index contributed by atoms with van der Waals surface area (Å²) in [5.41, 5.74) is 0. The molecule has 18 heavy (non-hydrogen) atoms. The van der Waals surface area contributed by atoms with Gasteiger partial charge in [0.05, 0.1) is 44.3 Å². The van der Waals surface area contributed by atoms with Crippen molar-refractivity contribution < 1.29 is 23.0 Å². The van der Waals surface area contributed by atoms with Gasteiger partial charge < -0.3 is 14.6 Å². The van der Waals surface area contributed by atoms with Crippen LogP contribution in [-0.4, -0.2) is 82.4 Å². The van der Waals surface area contributed by atoms with Crippen LogP contribution < -0.4 is 4.72 Å². The molecule has 3 unspecified atom stereocenters. The summed E-state index contributed by atoms with van der Waals surface area (Å²) >= 11 is 0. The standard InChI is InChI=1S/C10H20N2O5S/c1-18(14,15)11-8-7-17-9(10(8)13)6-12-2-4-16-5-3-12/h8-11,13H,2-7H2,1H3. The third-order valence-corrected chi connectivity index (χ3v) is 3.92. The Hall–Kier alpha value is -0.250. The first-order chi connectivity index (χ1) is 8.46. The van der Waals surface area contributed by atoms with E-state index in [-0.39, 0.29) is 12.7 Å². The summed E-state index contributed by atoms with van der Waals surface area (Å²) in [4.78, 5) is 2.15. The number of morpholine rings is 1. The fourth-order valence-corrected chi connectivity index (χ4v) is 3.02. The molecule has 3 atom stereocenters. The van der Waals surface area contributed by atoms with Gasteiger partial charge in [0.25, 0.3) is 0 Å². The Morgan fingerprint density at radius 3 is 2.67 bits per heavy atom. The largest absolute Gasteiger partial charge is 0.389 e. The molecule has 2 N–H and O–H groups in total. The summed E-state index contributed by atoms with van der Waals surface area (Å²) in [7, 11) is -3.32. The molecule has 0 bridgehead atoms. The predicted molar refractivity (Wildman–Crippen MR) is 64.8 cm³/mol. The van der Waals surface area contributed by atoms with Crippen LogP contribution in [0, 0.1) is 0 Å². The second-order valence-electron chi connectivity index (χ2n) is 4.77. The monoisotopic (exact) mass is 280 g/mol. The summed E-state index contributed by atoms with van der Waals surface area (Å²) in [5, 5.41) is 10.0. The molecule has 7 nitrogen and oxygen atoms in total. The Balaban J connectivity index is 1.84. The van der Waals surface area contributed by atoms with E-state index < -0.39 is 22.2 Å². The van der Waals surface area contributed by atoms with E-state index in [1.165, 1.54) is 0 Å². The van der Waals surface area contributed by atoms with E-state index in [1.54, 1.807) is 0 Å². The van der Waals surface area contributed by atoms with Crippen LogP contribution in [0.25, 0.3) is 0 Å². The van der Waals surface area contributed by atoms with Gasteiger partial charge >= 0.3 is 0 Å². The van der Waals surface area contributed by atoms with Crippen molar-refractivity contribution in [3.05, 3.63) is 0 Å². The number of hydrogen-bond donors (Lipinski definition) is 2. The van der Waals surface area contributed by atoms with Gasteiger partial charge in [-0.2, -0.15) is 0 Å². The smallest absolute Gasteiger partial charge is 0.209 e. The molecule has 2 fully saturated rings. The number of rotatable bonds is 4. The molecule has 2 aliphatic heterocycles. The van der Waals surface area contributed by atoms with Crippen LogP contribution in [0.4, 0.5) is 0 Å². The molecule has 0 aromatic carbocycles. The fraction of sp³-hybridized carbons (Fsp3) is 1.00.